The maximum absolute atomic E-state index is 9.55. The second kappa shape index (κ2) is 15.5. The van der Waals surface area contributed by atoms with Crippen molar-refractivity contribution in [2.24, 2.45) is 17.3 Å². The third kappa shape index (κ3) is 12.7. The van der Waals surface area contributed by atoms with Crippen molar-refractivity contribution in [3.05, 3.63) is 0 Å². The van der Waals surface area contributed by atoms with Crippen LogP contribution in [0.2, 0.25) is 0 Å². The van der Waals surface area contributed by atoms with E-state index < -0.39 is 11.9 Å². The van der Waals surface area contributed by atoms with E-state index >= 15 is 0 Å². The highest BCUT2D eigenvalue weighted by Crippen LogP contribution is 2.48. The largest absolute Gasteiger partial charge is 0.481 e. The lowest BCUT2D eigenvalue weighted by atomic mass is 9.61. The summed E-state index contributed by atoms with van der Waals surface area (Å²) in [6, 6.07) is 0. The normalized spacial score (nSPS) is 18.5. The first-order valence-corrected chi connectivity index (χ1v) is 11.7. The Morgan fingerprint density at radius 3 is 1.22 bits per heavy atom. The third-order valence-electron chi connectivity index (χ3n) is 5.97. The zero-order chi connectivity index (χ0) is 20.7. The van der Waals surface area contributed by atoms with Gasteiger partial charge in [-0.25, -0.2) is 0 Å². The molecule has 0 radical (unpaired) electrons. The van der Waals surface area contributed by atoms with Crippen LogP contribution in [0.25, 0.3) is 0 Å². The molecule has 0 atom stereocenters. The van der Waals surface area contributed by atoms with E-state index in [-0.39, 0.29) is 12.8 Å². The molecule has 0 unspecified atom stereocenters. The molecule has 2 N–H and O–H groups in total. The number of thiol groups is 2. The first-order chi connectivity index (χ1) is 12.8. The second-order valence-electron chi connectivity index (χ2n) is 8.23. The average molecular weight is 421 g/mol. The van der Waals surface area contributed by atoms with E-state index in [2.05, 4.69) is 39.1 Å². The van der Waals surface area contributed by atoms with E-state index in [9.17, 15) is 9.59 Å². The molecule has 4 nitrogen and oxygen atoms in total. The molecule has 0 saturated heterocycles. The molecule has 2 rings (SSSR count). The predicted molar refractivity (Wildman–Crippen MR) is 119 cm³/mol. The standard InChI is InChI=1S/C15H28.2C3H6O2S/c1-15(2,13-9-5-3-6-10-13)14-11-7-4-8-12-14;2*4-3(5)1-2-6/h13-14H,3-12H2,1-2H3;2*6H,1-2H2,(H,4,5). The first kappa shape index (κ1) is 26.6. The lowest BCUT2D eigenvalue weighted by Crippen LogP contribution is -2.35. The fourth-order valence-corrected chi connectivity index (χ4v) is 4.60. The summed E-state index contributed by atoms with van der Waals surface area (Å²) < 4.78 is 0. The van der Waals surface area contributed by atoms with Crippen LogP contribution < -0.4 is 0 Å². The lowest BCUT2D eigenvalue weighted by Gasteiger charge is -2.44. The van der Waals surface area contributed by atoms with Gasteiger partial charge in [0.25, 0.3) is 0 Å². The topological polar surface area (TPSA) is 74.6 Å². The van der Waals surface area contributed by atoms with E-state index in [0.29, 0.717) is 16.9 Å². The van der Waals surface area contributed by atoms with E-state index in [0.717, 1.165) is 11.8 Å². The molecule has 0 heterocycles. The Kier molecular flexibility index (Phi) is 15.3. The quantitative estimate of drug-likeness (QED) is 0.400. The summed E-state index contributed by atoms with van der Waals surface area (Å²) in [5, 5.41) is 15.7. The van der Waals surface area contributed by atoms with Gasteiger partial charge in [0.2, 0.25) is 0 Å². The number of carbonyl (C=O) groups is 2. The van der Waals surface area contributed by atoms with Crippen LogP contribution in [0.1, 0.15) is 90.9 Å². The van der Waals surface area contributed by atoms with Crippen molar-refractivity contribution >= 4 is 37.2 Å². The maximum atomic E-state index is 9.55. The van der Waals surface area contributed by atoms with E-state index in [1.165, 1.54) is 64.2 Å². The van der Waals surface area contributed by atoms with Crippen LogP contribution in [0.3, 0.4) is 0 Å². The molecule has 0 aliphatic heterocycles. The van der Waals surface area contributed by atoms with Gasteiger partial charge in [0.1, 0.15) is 0 Å². The van der Waals surface area contributed by atoms with Gasteiger partial charge in [-0.05, 0) is 42.9 Å². The lowest BCUT2D eigenvalue weighted by molar-refractivity contribution is -0.137. The minimum absolute atomic E-state index is 0.156. The van der Waals surface area contributed by atoms with Crippen molar-refractivity contribution in [2.45, 2.75) is 90.9 Å². The number of carboxylic acid groups (broad SMARTS) is 2. The highest BCUT2D eigenvalue weighted by Gasteiger charge is 2.37. The summed E-state index contributed by atoms with van der Waals surface area (Å²) in [7, 11) is 0. The summed E-state index contributed by atoms with van der Waals surface area (Å²) in [6.07, 6.45) is 15.4. The predicted octanol–water partition coefficient (Wildman–Crippen LogP) is 5.96. The number of aliphatic carboxylic acids is 2. The molecule has 2 saturated carbocycles. The Morgan fingerprint density at radius 2 is 1.04 bits per heavy atom. The summed E-state index contributed by atoms with van der Waals surface area (Å²) in [5.41, 5.74) is 0.640. The number of hydrogen-bond donors (Lipinski definition) is 4. The van der Waals surface area contributed by atoms with E-state index in [4.69, 9.17) is 10.2 Å². The molecule has 2 aliphatic carbocycles. The zero-order valence-electron chi connectivity index (χ0n) is 17.2. The fraction of sp³-hybridized carbons (Fsp3) is 0.905. The average Bonchev–Trinajstić information content (AvgIpc) is 2.64. The summed E-state index contributed by atoms with van der Waals surface area (Å²) in [6.45, 7) is 5.14. The molecule has 27 heavy (non-hydrogen) atoms. The monoisotopic (exact) mass is 420 g/mol. The van der Waals surface area contributed by atoms with Gasteiger partial charge in [0.05, 0.1) is 12.8 Å². The van der Waals surface area contributed by atoms with Crippen LogP contribution in [0.5, 0.6) is 0 Å². The number of hydrogen-bond acceptors (Lipinski definition) is 4. The Bertz CT molecular complexity index is 365. The Morgan fingerprint density at radius 1 is 0.741 bits per heavy atom. The van der Waals surface area contributed by atoms with Gasteiger partial charge in [0.15, 0.2) is 0 Å². The van der Waals surface area contributed by atoms with Crippen molar-refractivity contribution < 1.29 is 19.8 Å². The van der Waals surface area contributed by atoms with Gasteiger partial charge in [-0.2, -0.15) is 25.3 Å². The molecule has 0 aromatic rings. The van der Waals surface area contributed by atoms with Crippen molar-refractivity contribution in [2.75, 3.05) is 11.5 Å². The Balaban J connectivity index is 0.000000470. The van der Waals surface area contributed by atoms with Crippen LogP contribution in [0.4, 0.5) is 0 Å². The molecule has 2 aliphatic rings. The molecule has 6 heteroatoms. The molecule has 2 fully saturated rings. The summed E-state index contributed by atoms with van der Waals surface area (Å²) >= 11 is 7.36. The first-order valence-electron chi connectivity index (χ1n) is 10.4. The SMILES string of the molecule is CC(C)(C1CCCCC1)C1CCCCC1.O=C(O)CCS.O=C(O)CCS. The Hall–Kier alpha value is -0.360. The molecule has 0 amide bonds. The molecular weight excluding hydrogens is 380 g/mol. The van der Waals surface area contributed by atoms with Crippen LogP contribution in [-0.4, -0.2) is 33.7 Å². The van der Waals surface area contributed by atoms with Crippen molar-refractivity contribution in [3.8, 4) is 0 Å². The molecular formula is C21H40O4S2. The molecule has 160 valence electrons. The van der Waals surface area contributed by atoms with Gasteiger partial charge in [0, 0.05) is 11.5 Å². The van der Waals surface area contributed by atoms with Gasteiger partial charge in [-0.15, -0.1) is 0 Å². The van der Waals surface area contributed by atoms with Crippen molar-refractivity contribution in [3.63, 3.8) is 0 Å². The van der Waals surface area contributed by atoms with Crippen molar-refractivity contribution in [1.82, 2.24) is 0 Å². The van der Waals surface area contributed by atoms with Gasteiger partial charge >= 0.3 is 11.9 Å². The van der Waals surface area contributed by atoms with Crippen LogP contribution in [0.15, 0.2) is 0 Å². The van der Waals surface area contributed by atoms with Crippen LogP contribution >= 0.6 is 25.3 Å². The molecule has 0 spiro atoms. The minimum Gasteiger partial charge on any atom is -0.481 e. The summed E-state index contributed by atoms with van der Waals surface area (Å²) in [5.74, 6) is 1.35. The summed E-state index contributed by atoms with van der Waals surface area (Å²) in [4.78, 5) is 19.1. The third-order valence-corrected chi connectivity index (χ3v) is 6.41. The molecule has 0 bridgehead atoms. The maximum Gasteiger partial charge on any atom is 0.304 e. The zero-order valence-corrected chi connectivity index (χ0v) is 18.9. The highest BCUT2D eigenvalue weighted by molar-refractivity contribution is 7.80. The van der Waals surface area contributed by atoms with Crippen LogP contribution in [0, 0.1) is 17.3 Å². The van der Waals surface area contributed by atoms with Crippen LogP contribution in [-0.2, 0) is 9.59 Å². The van der Waals surface area contributed by atoms with E-state index in [1.807, 2.05) is 0 Å². The van der Waals surface area contributed by atoms with Gasteiger partial charge in [-0.3, -0.25) is 9.59 Å². The smallest absolute Gasteiger partial charge is 0.304 e. The second-order valence-corrected chi connectivity index (χ2v) is 9.12. The fourth-order valence-electron chi connectivity index (χ4n) is 4.22. The van der Waals surface area contributed by atoms with Crippen molar-refractivity contribution in [1.29, 1.82) is 0 Å². The minimum atomic E-state index is -0.787. The van der Waals surface area contributed by atoms with Gasteiger partial charge < -0.3 is 10.2 Å². The number of carboxylic acids is 2. The van der Waals surface area contributed by atoms with Gasteiger partial charge in [-0.1, -0.05) is 52.4 Å². The highest BCUT2D eigenvalue weighted by atomic mass is 32.1. The molecule has 0 aromatic carbocycles. The Labute approximate surface area is 176 Å². The number of rotatable bonds is 6. The van der Waals surface area contributed by atoms with E-state index in [1.54, 1.807) is 0 Å². The molecule has 0 aromatic heterocycles.